The fourth-order valence-electron chi connectivity index (χ4n) is 2.93. The van der Waals surface area contributed by atoms with Gasteiger partial charge in [-0.05, 0) is 30.5 Å². The molecule has 0 bridgehead atoms. The second-order valence-corrected chi connectivity index (χ2v) is 6.04. The van der Waals surface area contributed by atoms with E-state index in [0.29, 0.717) is 17.9 Å². The van der Waals surface area contributed by atoms with E-state index in [1.54, 1.807) is 18.3 Å². The molecule has 6 nitrogen and oxygen atoms in total. The summed E-state index contributed by atoms with van der Waals surface area (Å²) in [7, 11) is 0. The highest BCUT2D eigenvalue weighted by molar-refractivity contribution is 5.97. The Hall–Kier alpha value is -3.02. The predicted molar refractivity (Wildman–Crippen MR) is 88.8 cm³/mol. The van der Waals surface area contributed by atoms with Crippen molar-refractivity contribution in [3.05, 3.63) is 72.4 Å². The van der Waals surface area contributed by atoms with Gasteiger partial charge in [-0.2, -0.15) is 5.10 Å². The van der Waals surface area contributed by atoms with E-state index in [0.717, 1.165) is 12.8 Å². The molecule has 0 spiro atoms. The van der Waals surface area contributed by atoms with E-state index in [1.165, 1.54) is 22.9 Å². The molecule has 0 radical (unpaired) electrons. The molecule has 6 heteroatoms. The second-order valence-electron chi connectivity index (χ2n) is 6.04. The SMILES string of the molecule is O=C(NCC1(c2ccccc2)CC1)c1cccnc1-n1cncn1. The molecule has 3 aromatic rings. The monoisotopic (exact) mass is 319 g/mol. The number of hydrogen-bond donors (Lipinski definition) is 1. The third-order valence-corrected chi connectivity index (χ3v) is 4.49. The molecular weight excluding hydrogens is 302 g/mol. The Morgan fingerprint density at radius 3 is 2.71 bits per heavy atom. The van der Waals surface area contributed by atoms with Crippen molar-refractivity contribution in [2.24, 2.45) is 0 Å². The van der Waals surface area contributed by atoms with Crippen molar-refractivity contribution >= 4 is 5.91 Å². The first-order valence-electron chi connectivity index (χ1n) is 7.92. The third kappa shape index (κ3) is 2.67. The summed E-state index contributed by atoms with van der Waals surface area (Å²) in [5.74, 6) is 0.341. The maximum atomic E-state index is 12.7. The zero-order valence-corrected chi connectivity index (χ0v) is 13.1. The van der Waals surface area contributed by atoms with Crippen molar-refractivity contribution in [2.45, 2.75) is 18.3 Å². The molecule has 1 aliphatic rings. The van der Waals surface area contributed by atoms with Gasteiger partial charge in [0.1, 0.15) is 12.7 Å². The Labute approximate surface area is 139 Å². The van der Waals surface area contributed by atoms with E-state index in [9.17, 15) is 4.79 Å². The summed E-state index contributed by atoms with van der Waals surface area (Å²) < 4.78 is 1.50. The Morgan fingerprint density at radius 2 is 2.00 bits per heavy atom. The molecule has 0 atom stereocenters. The van der Waals surface area contributed by atoms with E-state index in [2.05, 4.69) is 32.5 Å². The Morgan fingerprint density at radius 1 is 1.17 bits per heavy atom. The zero-order chi connectivity index (χ0) is 16.4. The number of carbonyl (C=O) groups is 1. The molecule has 120 valence electrons. The Bertz CT molecular complexity index is 841. The fraction of sp³-hybridized carbons (Fsp3) is 0.222. The molecule has 1 amide bonds. The molecule has 4 rings (SSSR count). The first kappa shape index (κ1) is 14.6. The van der Waals surface area contributed by atoms with Gasteiger partial charge in [0, 0.05) is 18.2 Å². The molecule has 1 saturated carbocycles. The van der Waals surface area contributed by atoms with Gasteiger partial charge in [-0.3, -0.25) is 4.79 Å². The summed E-state index contributed by atoms with van der Waals surface area (Å²) in [5.41, 5.74) is 1.85. The van der Waals surface area contributed by atoms with E-state index in [4.69, 9.17) is 0 Å². The molecule has 0 unspecified atom stereocenters. The summed E-state index contributed by atoms with van der Waals surface area (Å²) >= 11 is 0. The molecular formula is C18H17N5O. The van der Waals surface area contributed by atoms with Crippen LogP contribution < -0.4 is 5.32 Å². The van der Waals surface area contributed by atoms with Gasteiger partial charge in [-0.25, -0.2) is 14.6 Å². The lowest BCUT2D eigenvalue weighted by atomic mass is 9.96. The minimum Gasteiger partial charge on any atom is -0.351 e. The standard InChI is InChI=1S/C18H17N5O/c24-17(15-7-4-10-20-16(15)23-13-19-12-22-23)21-11-18(8-9-18)14-5-2-1-3-6-14/h1-7,10,12-13H,8-9,11H2,(H,21,24). The zero-order valence-electron chi connectivity index (χ0n) is 13.1. The number of nitrogens with zero attached hydrogens (tertiary/aromatic N) is 4. The average Bonchev–Trinajstić information content (AvgIpc) is 3.24. The molecule has 0 saturated heterocycles. The molecule has 1 aliphatic carbocycles. The second kappa shape index (κ2) is 5.88. The minimum atomic E-state index is -0.143. The lowest BCUT2D eigenvalue weighted by molar-refractivity contribution is 0.0949. The van der Waals surface area contributed by atoms with Gasteiger partial charge in [0.2, 0.25) is 0 Å². The summed E-state index contributed by atoms with van der Waals surface area (Å²) in [6, 6.07) is 13.9. The van der Waals surface area contributed by atoms with Gasteiger partial charge in [0.15, 0.2) is 5.82 Å². The van der Waals surface area contributed by atoms with E-state index in [1.807, 2.05) is 18.2 Å². The van der Waals surface area contributed by atoms with Gasteiger partial charge < -0.3 is 5.32 Å². The van der Waals surface area contributed by atoms with Gasteiger partial charge >= 0.3 is 0 Å². The lowest BCUT2D eigenvalue weighted by Gasteiger charge is -2.17. The average molecular weight is 319 g/mol. The van der Waals surface area contributed by atoms with Crippen LogP contribution in [0.15, 0.2) is 61.3 Å². The number of aromatic nitrogens is 4. The van der Waals surface area contributed by atoms with Crippen LogP contribution >= 0.6 is 0 Å². The lowest BCUT2D eigenvalue weighted by Crippen LogP contribution is -2.33. The normalized spacial score (nSPS) is 15.0. The van der Waals surface area contributed by atoms with Crippen LogP contribution in [0.1, 0.15) is 28.8 Å². The number of rotatable bonds is 5. The van der Waals surface area contributed by atoms with Crippen molar-refractivity contribution < 1.29 is 4.79 Å². The molecule has 24 heavy (non-hydrogen) atoms. The summed E-state index contributed by atoms with van der Waals surface area (Å²) in [5, 5.41) is 7.12. The highest BCUT2D eigenvalue weighted by Gasteiger charge is 2.44. The smallest absolute Gasteiger partial charge is 0.255 e. The van der Waals surface area contributed by atoms with Crippen LogP contribution in [-0.4, -0.2) is 32.2 Å². The number of pyridine rings is 1. The topological polar surface area (TPSA) is 72.7 Å². The van der Waals surface area contributed by atoms with Crippen molar-refractivity contribution in [1.82, 2.24) is 25.1 Å². The molecule has 0 aliphatic heterocycles. The Kier molecular flexibility index (Phi) is 3.57. The highest BCUT2D eigenvalue weighted by atomic mass is 16.1. The molecule has 1 N–H and O–H groups in total. The summed E-state index contributed by atoms with van der Waals surface area (Å²) in [6.45, 7) is 0.627. The molecule has 1 aromatic carbocycles. The molecule has 2 heterocycles. The first-order chi connectivity index (χ1) is 11.8. The first-order valence-corrected chi connectivity index (χ1v) is 7.92. The van der Waals surface area contributed by atoms with Crippen molar-refractivity contribution in [3.63, 3.8) is 0 Å². The molecule has 1 fully saturated rings. The third-order valence-electron chi connectivity index (χ3n) is 4.49. The quantitative estimate of drug-likeness (QED) is 0.782. The van der Waals surface area contributed by atoms with Gasteiger partial charge in [0.25, 0.3) is 5.91 Å². The van der Waals surface area contributed by atoms with Crippen molar-refractivity contribution in [3.8, 4) is 5.82 Å². The van der Waals surface area contributed by atoms with Crippen LogP contribution in [0.3, 0.4) is 0 Å². The number of nitrogens with one attached hydrogen (secondary N) is 1. The van der Waals surface area contributed by atoms with E-state index < -0.39 is 0 Å². The van der Waals surface area contributed by atoms with E-state index in [-0.39, 0.29) is 11.3 Å². The van der Waals surface area contributed by atoms with Gasteiger partial charge in [-0.15, -0.1) is 0 Å². The predicted octanol–water partition coefficient (Wildman–Crippen LogP) is 2.12. The van der Waals surface area contributed by atoms with Crippen molar-refractivity contribution in [1.29, 1.82) is 0 Å². The van der Waals surface area contributed by atoms with Crippen LogP contribution in [-0.2, 0) is 5.41 Å². The highest BCUT2D eigenvalue weighted by Crippen LogP contribution is 2.47. The minimum absolute atomic E-state index is 0.0759. The van der Waals surface area contributed by atoms with Crippen LogP contribution in [0.25, 0.3) is 5.82 Å². The van der Waals surface area contributed by atoms with Crippen molar-refractivity contribution in [2.75, 3.05) is 6.54 Å². The fourth-order valence-corrected chi connectivity index (χ4v) is 2.93. The van der Waals surface area contributed by atoms with Gasteiger partial charge in [-0.1, -0.05) is 30.3 Å². The number of benzene rings is 1. The van der Waals surface area contributed by atoms with Crippen LogP contribution in [0.5, 0.6) is 0 Å². The van der Waals surface area contributed by atoms with Crippen LogP contribution in [0, 0.1) is 0 Å². The maximum absolute atomic E-state index is 12.7. The maximum Gasteiger partial charge on any atom is 0.255 e. The largest absolute Gasteiger partial charge is 0.351 e. The van der Waals surface area contributed by atoms with Crippen LogP contribution in [0.2, 0.25) is 0 Å². The number of carbonyl (C=O) groups excluding carboxylic acids is 1. The Balaban J connectivity index is 1.52. The van der Waals surface area contributed by atoms with Gasteiger partial charge in [0.05, 0.1) is 5.56 Å². The molecule has 2 aromatic heterocycles. The number of hydrogen-bond acceptors (Lipinski definition) is 4. The van der Waals surface area contributed by atoms with E-state index >= 15 is 0 Å². The summed E-state index contributed by atoms with van der Waals surface area (Å²) in [6.07, 6.45) is 6.79. The number of amides is 1. The summed E-state index contributed by atoms with van der Waals surface area (Å²) in [4.78, 5) is 20.8. The van der Waals surface area contributed by atoms with Crippen LogP contribution in [0.4, 0.5) is 0 Å².